The number of carbonyl (C=O) groups is 1. The minimum atomic E-state index is -0.725. The lowest BCUT2D eigenvalue weighted by Gasteiger charge is -2.20. The Morgan fingerprint density at radius 3 is 2.65 bits per heavy atom. The molecule has 0 radical (unpaired) electrons. The summed E-state index contributed by atoms with van der Waals surface area (Å²) in [6.07, 6.45) is 3.95. The van der Waals surface area contributed by atoms with Crippen LogP contribution in [0.4, 0.5) is 0 Å². The number of carboxylic acids is 1. The van der Waals surface area contributed by atoms with Gasteiger partial charge in [-0.3, -0.25) is 4.79 Å². The van der Waals surface area contributed by atoms with E-state index in [1.165, 1.54) is 25.8 Å². The van der Waals surface area contributed by atoms with Gasteiger partial charge in [0.05, 0.1) is 0 Å². The molecule has 0 aromatic rings. The fourth-order valence-electron chi connectivity index (χ4n) is 2.70. The van der Waals surface area contributed by atoms with Gasteiger partial charge in [0.25, 0.3) is 0 Å². The minimum absolute atomic E-state index is 0.147. The molecule has 2 rings (SSSR count). The van der Waals surface area contributed by atoms with E-state index in [4.69, 9.17) is 5.11 Å². The van der Waals surface area contributed by atoms with Crippen molar-refractivity contribution in [3.63, 3.8) is 0 Å². The molecule has 2 N–H and O–H groups in total. The van der Waals surface area contributed by atoms with Crippen LogP contribution in [0, 0.1) is 11.8 Å². The molecule has 98 valence electrons. The van der Waals surface area contributed by atoms with Gasteiger partial charge in [-0.15, -0.1) is 0 Å². The highest BCUT2D eigenvalue weighted by molar-refractivity contribution is 5.73. The number of nitrogens with one attached hydrogen (secondary N) is 1. The molecule has 2 atom stereocenters. The highest BCUT2D eigenvalue weighted by atomic mass is 16.4. The van der Waals surface area contributed by atoms with E-state index in [0.29, 0.717) is 5.92 Å². The smallest absolute Gasteiger partial charge is 0.320 e. The lowest BCUT2D eigenvalue weighted by Crippen LogP contribution is -2.43. The molecule has 0 spiro atoms. The summed E-state index contributed by atoms with van der Waals surface area (Å²) in [7, 11) is 0. The third kappa shape index (κ3) is 3.42. The van der Waals surface area contributed by atoms with Gasteiger partial charge in [-0.2, -0.15) is 0 Å². The van der Waals surface area contributed by atoms with E-state index < -0.39 is 12.0 Å². The van der Waals surface area contributed by atoms with Crippen LogP contribution in [0.5, 0.6) is 0 Å². The Hall–Kier alpha value is -0.610. The van der Waals surface area contributed by atoms with Crippen molar-refractivity contribution < 1.29 is 9.90 Å². The quantitative estimate of drug-likeness (QED) is 0.732. The number of rotatable bonds is 6. The summed E-state index contributed by atoms with van der Waals surface area (Å²) in [5.74, 6) is 0.0571. The van der Waals surface area contributed by atoms with Crippen molar-refractivity contribution in [2.75, 3.05) is 19.6 Å². The van der Waals surface area contributed by atoms with E-state index in [9.17, 15) is 4.79 Å². The van der Waals surface area contributed by atoms with Crippen LogP contribution in [0.3, 0.4) is 0 Å². The van der Waals surface area contributed by atoms with Gasteiger partial charge in [0.1, 0.15) is 6.04 Å². The Balaban J connectivity index is 1.72. The van der Waals surface area contributed by atoms with Gasteiger partial charge in [0.15, 0.2) is 0 Å². The van der Waals surface area contributed by atoms with Crippen LogP contribution < -0.4 is 5.32 Å². The molecule has 1 saturated carbocycles. The molecule has 1 aliphatic heterocycles. The molecule has 0 aromatic heterocycles. The van der Waals surface area contributed by atoms with Gasteiger partial charge in [0, 0.05) is 19.1 Å². The Labute approximate surface area is 103 Å². The largest absolute Gasteiger partial charge is 0.480 e. The van der Waals surface area contributed by atoms with E-state index in [2.05, 4.69) is 10.2 Å². The second-order valence-electron chi connectivity index (χ2n) is 5.85. The van der Waals surface area contributed by atoms with Crippen molar-refractivity contribution in [3.05, 3.63) is 0 Å². The second kappa shape index (κ2) is 5.36. The monoisotopic (exact) mass is 240 g/mol. The van der Waals surface area contributed by atoms with Gasteiger partial charge in [0.2, 0.25) is 0 Å². The third-order valence-electron chi connectivity index (χ3n) is 3.94. The zero-order valence-corrected chi connectivity index (χ0v) is 10.9. The minimum Gasteiger partial charge on any atom is -0.480 e. The molecule has 4 heteroatoms. The van der Waals surface area contributed by atoms with Gasteiger partial charge in [-0.05, 0) is 37.6 Å². The van der Waals surface area contributed by atoms with Crippen LogP contribution in [0.2, 0.25) is 0 Å². The summed E-state index contributed by atoms with van der Waals surface area (Å²) in [6.45, 7) is 7.12. The topological polar surface area (TPSA) is 52.6 Å². The van der Waals surface area contributed by atoms with Crippen LogP contribution in [0.1, 0.15) is 33.1 Å². The zero-order valence-electron chi connectivity index (χ0n) is 10.9. The predicted molar refractivity (Wildman–Crippen MR) is 67.0 cm³/mol. The fraction of sp³-hybridized carbons (Fsp3) is 0.923. The first-order chi connectivity index (χ1) is 8.08. The van der Waals surface area contributed by atoms with Crippen LogP contribution in [0.15, 0.2) is 0 Å². The van der Waals surface area contributed by atoms with Crippen LogP contribution in [-0.4, -0.2) is 47.7 Å². The Morgan fingerprint density at radius 2 is 2.12 bits per heavy atom. The average molecular weight is 240 g/mol. The van der Waals surface area contributed by atoms with Crippen molar-refractivity contribution in [3.8, 4) is 0 Å². The van der Waals surface area contributed by atoms with Crippen molar-refractivity contribution >= 4 is 5.97 Å². The molecule has 0 aromatic carbocycles. The Kier molecular flexibility index (Phi) is 4.05. The second-order valence-corrected chi connectivity index (χ2v) is 5.85. The first-order valence-corrected chi connectivity index (χ1v) is 6.78. The van der Waals surface area contributed by atoms with Gasteiger partial charge < -0.3 is 15.3 Å². The summed E-state index contributed by atoms with van der Waals surface area (Å²) < 4.78 is 0. The molecule has 1 aliphatic carbocycles. The maximum absolute atomic E-state index is 11.1. The van der Waals surface area contributed by atoms with Gasteiger partial charge >= 0.3 is 5.97 Å². The van der Waals surface area contributed by atoms with Crippen molar-refractivity contribution in [2.24, 2.45) is 11.8 Å². The van der Waals surface area contributed by atoms with E-state index in [-0.39, 0.29) is 5.92 Å². The maximum atomic E-state index is 11.1. The molecule has 1 heterocycles. The summed E-state index contributed by atoms with van der Waals surface area (Å²) in [5, 5.41) is 12.3. The predicted octanol–water partition coefficient (Wildman–Crippen LogP) is 1.17. The highest BCUT2D eigenvalue weighted by Crippen LogP contribution is 2.31. The average Bonchev–Trinajstić information content (AvgIpc) is 2.99. The number of aliphatic carboxylic acids is 1. The molecule has 2 fully saturated rings. The summed E-state index contributed by atoms with van der Waals surface area (Å²) in [4.78, 5) is 13.6. The summed E-state index contributed by atoms with van der Waals surface area (Å²) in [5.41, 5.74) is 0. The summed E-state index contributed by atoms with van der Waals surface area (Å²) in [6, 6.07) is 0.449. The van der Waals surface area contributed by atoms with Crippen molar-refractivity contribution in [1.82, 2.24) is 10.2 Å². The molecule has 17 heavy (non-hydrogen) atoms. The third-order valence-corrected chi connectivity index (χ3v) is 3.94. The van der Waals surface area contributed by atoms with E-state index >= 15 is 0 Å². The fourth-order valence-corrected chi connectivity index (χ4v) is 2.70. The van der Waals surface area contributed by atoms with Crippen LogP contribution in [0.25, 0.3) is 0 Å². The maximum Gasteiger partial charge on any atom is 0.320 e. The number of carboxylic acid groups (broad SMARTS) is 1. The Bertz CT molecular complexity index is 277. The molecular weight excluding hydrogens is 216 g/mol. The van der Waals surface area contributed by atoms with Gasteiger partial charge in [-0.25, -0.2) is 0 Å². The Morgan fingerprint density at radius 1 is 1.41 bits per heavy atom. The molecule has 2 unspecified atom stereocenters. The number of hydrogen-bond acceptors (Lipinski definition) is 3. The lowest BCUT2D eigenvalue weighted by molar-refractivity contribution is -0.140. The van der Waals surface area contributed by atoms with Crippen LogP contribution in [-0.2, 0) is 4.79 Å². The van der Waals surface area contributed by atoms with Crippen molar-refractivity contribution in [2.45, 2.75) is 45.2 Å². The van der Waals surface area contributed by atoms with E-state index in [0.717, 1.165) is 19.1 Å². The number of hydrogen-bond donors (Lipinski definition) is 2. The summed E-state index contributed by atoms with van der Waals surface area (Å²) >= 11 is 0. The lowest BCUT2D eigenvalue weighted by atomic mass is 10.0. The molecule has 2 aliphatic rings. The molecular formula is C13H24N2O2. The standard InChI is InChI=1S/C13H24N2O2/c1-9(2)12(13(16)17)14-7-10-5-6-15(8-10)11-3-4-11/h9-12,14H,3-8H2,1-2H3,(H,16,17). The molecule has 0 amide bonds. The number of likely N-dealkylation sites (tertiary alicyclic amines) is 1. The first-order valence-electron chi connectivity index (χ1n) is 6.78. The van der Waals surface area contributed by atoms with Gasteiger partial charge in [-0.1, -0.05) is 13.8 Å². The molecule has 4 nitrogen and oxygen atoms in total. The normalized spacial score (nSPS) is 27.6. The van der Waals surface area contributed by atoms with Crippen molar-refractivity contribution in [1.29, 1.82) is 0 Å². The zero-order chi connectivity index (χ0) is 12.4. The number of nitrogens with zero attached hydrogens (tertiary/aromatic N) is 1. The molecule has 1 saturated heterocycles. The SMILES string of the molecule is CC(C)C(NCC1CCN(C2CC2)C1)C(=O)O. The molecule has 0 bridgehead atoms. The van der Waals surface area contributed by atoms with Crippen LogP contribution >= 0.6 is 0 Å². The van der Waals surface area contributed by atoms with E-state index in [1.807, 2.05) is 13.8 Å². The first kappa shape index (κ1) is 12.8. The van der Waals surface area contributed by atoms with E-state index in [1.54, 1.807) is 0 Å². The highest BCUT2D eigenvalue weighted by Gasteiger charge is 2.34.